The van der Waals surface area contributed by atoms with Gasteiger partial charge in [-0.05, 0) is 17.8 Å². The Labute approximate surface area is 79.4 Å². The third kappa shape index (κ3) is 2.26. The van der Waals surface area contributed by atoms with E-state index in [9.17, 15) is 0 Å². The maximum Gasteiger partial charge on any atom is 0.233 e. The van der Waals surface area contributed by atoms with Gasteiger partial charge in [0, 0.05) is 13.1 Å². The second-order valence-corrected chi connectivity index (χ2v) is 4.76. The van der Waals surface area contributed by atoms with Crippen LogP contribution in [0.15, 0.2) is 5.16 Å². The van der Waals surface area contributed by atoms with Crippen LogP contribution in [0.3, 0.4) is 0 Å². The van der Waals surface area contributed by atoms with Gasteiger partial charge in [0.1, 0.15) is 0 Å². The third-order valence-corrected chi connectivity index (χ3v) is 2.84. The maximum atomic E-state index is 8.51. The molecule has 4 heteroatoms. The summed E-state index contributed by atoms with van der Waals surface area (Å²) >= 11 is 0. The topological polar surface area (TPSA) is 61.8 Å². The van der Waals surface area contributed by atoms with Crippen LogP contribution in [-0.4, -0.2) is 29.2 Å². The molecule has 1 unspecified atom stereocenters. The van der Waals surface area contributed by atoms with Crippen molar-refractivity contribution in [2.75, 3.05) is 13.1 Å². The average Bonchev–Trinajstić information content (AvgIpc) is 2.50. The lowest BCUT2D eigenvalue weighted by atomic mass is 9.80. The second kappa shape index (κ2) is 3.44. The molecule has 0 radical (unpaired) electrons. The van der Waals surface area contributed by atoms with E-state index >= 15 is 0 Å². The van der Waals surface area contributed by atoms with Crippen molar-refractivity contribution in [2.45, 2.75) is 27.2 Å². The predicted molar refractivity (Wildman–Crippen MR) is 52.5 cm³/mol. The van der Waals surface area contributed by atoms with Gasteiger partial charge in [-0.25, -0.2) is 0 Å². The molecule has 1 aliphatic rings. The molecular weight excluding hydrogens is 166 g/mol. The van der Waals surface area contributed by atoms with Crippen LogP contribution in [0.2, 0.25) is 0 Å². The van der Waals surface area contributed by atoms with Gasteiger partial charge in [0.2, 0.25) is 5.96 Å². The minimum Gasteiger partial charge on any atom is -0.408 e. The first kappa shape index (κ1) is 10.2. The number of nitrogens with two attached hydrogens (primary N) is 1. The van der Waals surface area contributed by atoms with E-state index in [4.69, 9.17) is 10.9 Å². The van der Waals surface area contributed by atoms with Crippen molar-refractivity contribution in [1.29, 1.82) is 0 Å². The number of nitrogens with zero attached hydrogens (tertiary/aromatic N) is 2. The Morgan fingerprint density at radius 1 is 1.54 bits per heavy atom. The molecule has 76 valence electrons. The zero-order valence-electron chi connectivity index (χ0n) is 8.62. The van der Waals surface area contributed by atoms with Crippen LogP contribution in [0.1, 0.15) is 27.2 Å². The van der Waals surface area contributed by atoms with Crippen molar-refractivity contribution < 1.29 is 5.21 Å². The number of rotatable bonds is 0. The van der Waals surface area contributed by atoms with E-state index in [2.05, 4.69) is 25.9 Å². The van der Waals surface area contributed by atoms with Crippen molar-refractivity contribution in [1.82, 2.24) is 4.90 Å². The molecule has 1 heterocycles. The zero-order chi connectivity index (χ0) is 10.1. The highest BCUT2D eigenvalue weighted by molar-refractivity contribution is 5.77. The highest BCUT2D eigenvalue weighted by Crippen LogP contribution is 2.33. The molecule has 0 amide bonds. The van der Waals surface area contributed by atoms with E-state index in [0.29, 0.717) is 11.3 Å². The van der Waals surface area contributed by atoms with Gasteiger partial charge in [0.15, 0.2) is 0 Å². The van der Waals surface area contributed by atoms with E-state index in [0.717, 1.165) is 19.5 Å². The predicted octanol–water partition coefficient (Wildman–Crippen LogP) is 1.06. The Morgan fingerprint density at radius 2 is 2.15 bits per heavy atom. The fourth-order valence-corrected chi connectivity index (χ4v) is 1.74. The first-order valence-corrected chi connectivity index (χ1v) is 4.67. The molecule has 3 N–H and O–H groups in total. The van der Waals surface area contributed by atoms with Crippen LogP contribution in [0.4, 0.5) is 0 Å². The number of likely N-dealkylation sites (tertiary alicyclic amines) is 1. The van der Waals surface area contributed by atoms with Gasteiger partial charge in [-0.3, -0.25) is 0 Å². The summed E-state index contributed by atoms with van der Waals surface area (Å²) in [4.78, 5) is 1.93. The second-order valence-electron chi connectivity index (χ2n) is 4.76. The van der Waals surface area contributed by atoms with Gasteiger partial charge in [-0.15, -0.1) is 0 Å². The molecule has 4 nitrogen and oxygen atoms in total. The molecule has 0 bridgehead atoms. The Bertz CT molecular complexity index is 207. The van der Waals surface area contributed by atoms with E-state index < -0.39 is 0 Å². The molecule has 1 aliphatic heterocycles. The molecule has 0 aromatic heterocycles. The number of oxime groups is 1. The highest BCUT2D eigenvalue weighted by Gasteiger charge is 2.32. The molecule has 13 heavy (non-hydrogen) atoms. The van der Waals surface area contributed by atoms with Gasteiger partial charge < -0.3 is 15.8 Å². The van der Waals surface area contributed by atoms with Crippen LogP contribution in [0.5, 0.6) is 0 Å². The molecule has 0 aromatic rings. The fourth-order valence-electron chi connectivity index (χ4n) is 1.74. The molecule has 0 aromatic carbocycles. The lowest BCUT2D eigenvalue weighted by molar-refractivity contribution is 0.247. The molecular formula is C9H19N3O. The lowest BCUT2D eigenvalue weighted by Crippen LogP contribution is -2.36. The minimum absolute atomic E-state index is 0.242. The van der Waals surface area contributed by atoms with Crippen molar-refractivity contribution in [3.63, 3.8) is 0 Å². The van der Waals surface area contributed by atoms with Gasteiger partial charge in [0.25, 0.3) is 0 Å². The summed E-state index contributed by atoms with van der Waals surface area (Å²) in [5.74, 6) is 0.875. The Hall–Kier alpha value is -0.930. The maximum absolute atomic E-state index is 8.51. The molecule has 1 saturated heterocycles. The number of guanidine groups is 1. The Balaban J connectivity index is 2.55. The smallest absolute Gasteiger partial charge is 0.233 e. The normalized spacial score (nSPS) is 25.3. The van der Waals surface area contributed by atoms with Crippen molar-refractivity contribution in [2.24, 2.45) is 22.2 Å². The van der Waals surface area contributed by atoms with Gasteiger partial charge in [0.05, 0.1) is 0 Å². The van der Waals surface area contributed by atoms with Crippen LogP contribution < -0.4 is 5.73 Å². The highest BCUT2D eigenvalue weighted by atomic mass is 16.4. The average molecular weight is 185 g/mol. The first-order chi connectivity index (χ1) is 5.95. The van der Waals surface area contributed by atoms with Crippen LogP contribution >= 0.6 is 0 Å². The summed E-state index contributed by atoms with van der Waals surface area (Å²) in [6, 6.07) is 0. The summed E-state index contributed by atoms with van der Waals surface area (Å²) < 4.78 is 0. The van der Waals surface area contributed by atoms with Gasteiger partial charge in [-0.1, -0.05) is 25.9 Å². The minimum atomic E-state index is 0.242. The van der Waals surface area contributed by atoms with Gasteiger partial charge >= 0.3 is 0 Å². The first-order valence-electron chi connectivity index (χ1n) is 4.67. The Kier molecular flexibility index (Phi) is 2.68. The van der Waals surface area contributed by atoms with Crippen molar-refractivity contribution in [3.05, 3.63) is 0 Å². The molecule has 0 spiro atoms. The van der Waals surface area contributed by atoms with Gasteiger partial charge in [-0.2, -0.15) is 0 Å². The van der Waals surface area contributed by atoms with Crippen LogP contribution in [0.25, 0.3) is 0 Å². The number of hydrogen-bond acceptors (Lipinski definition) is 2. The van der Waals surface area contributed by atoms with Crippen LogP contribution in [-0.2, 0) is 0 Å². The summed E-state index contributed by atoms with van der Waals surface area (Å²) in [6.07, 6.45) is 1.12. The summed E-state index contributed by atoms with van der Waals surface area (Å²) in [7, 11) is 0. The molecule has 0 aliphatic carbocycles. The monoisotopic (exact) mass is 185 g/mol. The zero-order valence-corrected chi connectivity index (χ0v) is 8.62. The van der Waals surface area contributed by atoms with Crippen LogP contribution in [0, 0.1) is 11.3 Å². The summed E-state index contributed by atoms with van der Waals surface area (Å²) in [5.41, 5.74) is 5.82. The van der Waals surface area contributed by atoms with E-state index in [1.165, 1.54) is 0 Å². The molecule has 0 saturated carbocycles. The quantitative estimate of drug-likeness (QED) is 0.257. The largest absolute Gasteiger partial charge is 0.408 e. The Morgan fingerprint density at radius 3 is 2.54 bits per heavy atom. The SMILES string of the molecule is CC(C)(C)C1CCN(C(N)=NO)C1. The number of hydrogen-bond donors (Lipinski definition) is 2. The van der Waals surface area contributed by atoms with E-state index in [1.807, 2.05) is 4.90 Å². The molecule has 1 fully saturated rings. The fraction of sp³-hybridized carbons (Fsp3) is 0.889. The third-order valence-electron chi connectivity index (χ3n) is 2.84. The van der Waals surface area contributed by atoms with E-state index in [-0.39, 0.29) is 5.96 Å². The van der Waals surface area contributed by atoms with Crippen molar-refractivity contribution in [3.8, 4) is 0 Å². The molecule has 1 atom stereocenters. The van der Waals surface area contributed by atoms with Crippen molar-refractivity contribution >= 4 is 5.96 Å². The summed E-state index contributed by atoms with van der Waals surface area (Å²) in [5, 5.41) is 11.5. The lowest BCUT2D eigenvalue weighted by Gasteiger charge is -2.26. The standard InChI is InChI=1S/C9H19N3O/c1-9(2,3)7-4-5-12(6-7)8(10)11-13/h7,13H,4-6H2,1-3H3,(H2,10,11). The molecule has 1 rings (SSSR count). The van der Waals surface area contributed by atoms with E-state index in [1.54, 1.807) is 0 Å². The summed E-state index contributed by atoms with van der Waals surface area (Å²) in [6.45, 7) is 8.49.